The lowest BCUT2D eigenvalue weighted by Gasteiger charge is -2.36. The van der Waals surface area contributed by atoms with Crippen LogP contribution in [-0.2, 0) is 0 Å². The van der Waals surface area contributed by atoms with Gasteiger partial charge in [0.05, 0.1) is 19.9 Å². The summed E-state index contributed by atoms with van der Waals surface area (Å²) >= 11 is 0. The van der Waals surface area contributed by atoms with E-state index in [1.807, 2.05) is 42.5 Å². The Bertz CT molecular complexity index is 728. The number of nitrogens with zero attached hydrogens (tertiary/aromatic N) is 2. The van der Waals surface area contributed by atoms with Crippen LogP contribution in [0.4, 0.5) is 5.69 Å². The van der Waals surface area contributed by atoms with Crippen LogP contribution >= 0.6 is 17.0 Å². The lowest BCUT2D eigenvalue weighted by atomic mass is 10.1. The van der Waals surface area contributed by atoms with E-state index >= 15 is 0 Å². The second kappa shape index (κ2) is 10.3. The number of ether oxygens (including phenoxy) is 2. The Kier molecular flexibility index (Phi) is 8.13. The lowest BCUT2D eigenvalue weighted by molar-refractivity contribution is 0.0962. The molecule has 1 saturated heterocycles. The van der Waals surface area contributed by atoms with Gasteiger partial charge in [-0.05, 0) is 36.4 Å². The van der Waals surface area contributed by atoms with Gasteiger partial charge < -0.3 is 14.4 Å². The highest BCUT2D eigenvalue weighted by atomic mass is 79.9. The average molecular weight is 435 g/mol. The molecule has 1 aliphatic heterocycles. The van der Waals surface area contributed by atoms with Crippen molar-refractivity contribution >= 4 is 28.5 Å². The number of hydrogen-bond donors (Lipinski definition) is 0. The summed E-state index contributed by atoms with van der Waals surface area (Å²) in [5.41, 5.74) is 1.89. The number of para-hydroxylation sites is 2. The fourth-order valence-corrected chi connectivity index (χ4v) is 3.28. The first-order valence-corrected chi connectivity index (χ1v) is 8.99. The Morgan fingerprint density at radius 3 is 2.22 bits per heavy atom. The van der Waals surface area contributed by atoms with Gasteiger partial charge in [-0.3, -0.25) is 9.69 Å². The highest BCUT2D eigenvalue weighted by molar-refractivity contribution is 8.93. The smallest absolute Gasteiger partial charge is 0.164 e. The molecule has 0 atom stereocenters. The first kappa shape index (κ1) is 21.3. The van der Waals surface area contributed by atoms with Crippen LogP contribution in [0, 0.1) is 0 Å². The molecular weight excluding hydrogens is 408 g/mol. The number of methoxy groups -OCH3 is 2. The van der Waals surface area contributed by atoms with Crippen molar-refractivity contribution in [3.63, 3.8) is 0 Å². The third-order valence-corrected chi connectivity index (χ3v) is 4.87. The Labute approximate surface area is 171 Å². The van der Waals surface area contributed by atoms with Crippen molar-refractivity contribution in [3.8, 4) is 11.5 Å². The molecule has 6 heteroatoms. The highest BCUT2D eigenvalue weighted by Crippen LogP contribution is 2.28. The number of ketones is 1. The molecule has 0 bridgehead atoms. The minimum absolute atomic E-state index is 0. The van der Waals surface area contributed by atoms with Crippen molar-refractivity contribution in [2.24, 2.45) is 0 Å². The molecule has 2 aromatic carbocycles. The van der Waals surface area contributed by atoms with Gasteiger partial charge in [-0.2, -0.15) is 0 Å². The van der Waals surface area contributed by atoms with Gasteiger partial charge in [0.25, 0.3) is 0 Å². The van der Waals surface area contributed by atoms with E-state index in [1.165, 1.54) is 0 Å². The van der Waals surface area contributed by atoms with E-state index in [1.54, 1.807) is 14.2 Å². The zero-order chi connectivity index (χ0) is 18.4. The molecule has 1 aliphatic rings. The molecule has 0 saturated carbocycles. The van der Waals surface area contributed by atoms with E-state index in [9.17, 15) is 4.79 Å². The van der Waals surface area contributed by atoms with Crippen molar-refractivity contribution in [3.05, 3.63) is 54.1 Å². The number of rotatable bonds is 7. The zero-order valence-electron chi connectivity index (χ0n) is 15.9. The number of halogens is 1. The minimum Gasteiger partial charge on any atom is -0.497 e. The summed E-state index contributed by atoms with van der Waals surface area (Å²) in [7, 11) is 3.33. The van der Waals surface area contributed by atoms with Crippen LogP contribution in [0.1, 0.15) is 16.8 Å². The molecule has 27 heavy (non-hydrogen) atoms. The van der Waals surface area contributed by atoms with Gasteiger partial charge >= 0.3 is 0 Å². The molecular formula is C21H27BrN2O3. The van der Waals surface area contributed by atoms with Gasteiger partial charge in [-0.25, -0.2) is 0 Å². The molecule has 0 radical (unpaired) electrons. The van der Waals surface area contributed by atoms with E-state index in [-0.39, 0.29) is 22.8 Å². The highest BCUT2D eigenvalue weighted by Gasteiger charge is 2.20. The van der Waals surface area contributed by atoms with Crippen molar-refractivity contribution in [1.29, 1.82) is 0 Å². The molecule has 2 aromatic rings. The van der Waals surface area contributed by atoms with Crippen LogP contribution in [-0.4, -0.2) is 57.6 Å². The predicted molar refractivity (Wildman–Crippen MR) is 114 cm³/mol. The normalized spacial score (nSPS) is 14.4. The lowest BCUT2D eigenvalue weighted by Crippen LogP contribution is -2.47. The fourth-order valence-electron chi connectivity index (χ4n) is 3.28. The molecule has 0 unspecified atom stereocenters. The molecule has 0 spiro atoms. The molecule has 0 aromatic heterocycles. The second-order valence-electron chi connectivity index (χ2n) is 6.40. The topological polar surface area (TPSA) is 42.0 Å². The van der Waals surface area contributed by atoms with Crippen molar-refractivity contribution < 1.29 is 14.3 Å². The summed E-state index contributed by atoms with van der Waals surface area (Å²) in [6.45, 7) is 4.58. The molecule has 5 nitrogen and oxygen atoms in total. The summed E-state index contributed by atoms with van der Waals surface area (Å²) in [5, 5.41) is 0. The quantitative estimate of drug-likeness (QED) is 0.621. The molecule has 1 fully saturated rings. The summed E-state index contributed by atoms with van der Waals surface area (Å²) in [4.78, 5) is 17.1. The molecule has 0 aliphatic carbocycles. The van der Waals surface area contributed by atoms with Crippen molar-refractivity contribution in [2.45, 2.75) is 6.42 Å². The van der Waals surface area contributed by atoms with Crippen LogP contribution in [0.2, 0.25) is 0 Å². The van der Waals surface area contributed by atoms with E-state index < -0.39 is 0 Å². The van der Waals surface area contributed by atoms with Gasteiger partial charge in [0, 0.05) is 44.7 Å². The fraction of sp³-hybridized carbons (Fsp3) is 0.381. The Morgan fingerprint density at radius 2 is 1.59 bits per heavy atom. The van der Waals surface area contributed by atoms with Crippen LogP contribution in [0.3, 0.4) is 0 Å². The number of piperazine rings is 1. The maximum Gasteiger partial charge on any atom is 0.164 e. The third kappa shape index (κ3) is 5.47. The molecule has 1 heterocycles. The Morgan fingerprint density at radius 1 is 0.926 bits per heavy atom. The second-order valence-corrected chi connectivity index (χ2v) is 6.40. The van der Waals surface area contributed by atoms with Crippen molar-refractivity contribution in [1.82, 2.24) is 4.90 Å². The van der Waals surface area contributed by atoms with Crippen LogP contribution in [0.5, 0.6) is 11.5 Å². The van der Waals surface area contributed by atoms with Gasteiger partial charge in [-0.15, -0.1) is 17.0 Å². The zero-order valence-corrected chi connectivity index (χ0v) is 17.6. The van der Waals surface area contributed by atoms with Crippen LogP contribution < -0.4 is 14.4 Å². The van der Waals surface area contributed by atoms with Crippen LogP contribution in [0.15, 0.2) is 48.5 Å². The number of carbonyl (C=O) groups is 1. The van der Waals surface area contributed by atoms with Gasteiger partial charge in [0.1, 0.15) is 11.5 Å². The number of benzene rings is 2. The molecule has 146 valence electrons. The summed E-state index contributed by atoms with van der Waals surface area (Å²) < 4.78 is 10.6. The number of anilines is 1. The summed E-state index contributed by atoms with van der Waals surface area (Å²) in [5.74, 6) is 1.87. The third-order valence-electron chi connectivity index (χ3n) is 4.87. The summed E-state index contributed by atoms with van der Waals surface area (Å²) in [6, 6.07) is 15.5. The van der Waals surface area contributed by atoms with Gasteiger partial charge in [0.2, 0.25) is 0 Å². The maximum absolute atomic E-state index is 12.4. The Hall–Kier alpha value is -2.05. The van der Waals surface area contributed by atoms with E-state index in [0.29, 0.717) is 6.42 Å². The first-order chi connectivity index (χ1) is 12.7. The molecule has 3 rings (SSSR count). The first-order valence-electron chi connectivity index (χ1n) is 8.99. The van der Waals surface area contributed by atoms with E-state index in [2.05, 4.69) is 15.9 Å². The minimum atomic E-state index is 0. The SMILES string of the molecule is Br.COc1ccc(C(=O)CCN2CCN(c3ccccc3OC)CC2)cc1. The predicted octanol–water partition coefficient (Wildman–Crippen LogP) is 3.68. The van der Waals surface area contributed by atoms with E-state index in [4.69, 9.17) is 9.47 Å². The van der Waals surface area contributed by atoms with Gasteiger partial charge in [-0.1, -0.05) is 12.1 Å². The summed E-state index contributed by atoms with van der Waals surface area (Å²) in [6.07, 6.45) is 0.543. The monoisotopic (exact) mass is 434 g/mol. The largest absolute Gasteiger partial charge is 0.497 e. The van der Waals surface area contributed by atoms with E-state index in [0.717, 1.165) is 55.5 Å². The average Bonchev–Trinajstić information content (AvgIpc) is 2.72. The standard InChI is InChI=1S/C21H26N2O3.BrH/c1-25-18-9-7-17(8-10-18)20(24)11-12-22-13-15-23(16-14-22)19-5-3-4-6-21(19)26-2;/h3-10H,11-16H2,1-2H3;1H. The Balaban J connectivity index is 0.00000261. The van der Waals surface area contributed by atoms with Gasteiger partial charge in [0.15, 0.2) is 5.78 Å². The number of Topliss-reactive ketones (excluding diaryl/α,β-unsaturated/α-hetero) is 1. The maximum atomic E-state index is 12.4. The molecule has 0 N–H and O–H groups in total. The number of carbonyl (C=O) groups excluding carboxylic acids is 1. The number of hydrogen-bond acceptors (Lipinski definition) is 5. The van der Waals surface area contributed by atoms with Crippen molar-refractivity contribution in [2.75, 3.05) is 51.8 Å². The molecule has 0 amide bonds. The van der Waals surface area contributed by atoms with Crippen LogP contribution in [0.25, 0.3) is 0 Å².